The van der Waals surface area contributed by atoms with Crippen LogP contribution in [0.5, 0.6) is 5.75 Å². The standard InChI is InChI=1S/C27H34FN7O3/c1-6-18-14-35(22-12-24(37)32(5)23-15-33(11-10-29)31-26(22)23)19(7-2)13-34(18)16(3)20-8-9-21(30-17(4)36)27(38)25(20)28/h8-9,12,15-16,18-19,38H,6-7,11,13-14H2,1-5H3,(H,30,36)/t16?,18-,19+/m1/s1. The van der Waals surface area contributed by atoms with Crippen molar-refractivity contribution in [1.29, 1.82) is 5.26 Å². The minimum absolute atomic E-state index is 0.0204. The molecule has 1 aliphatic heterocycles. The number of aryl methyl sites for hydroxylation is 1. The van der Waals surface area contributed by atoms with Crippen LogP contribution in [0.3, 0.4) is 0 Å². The van der Waals surface area contributed by atoms with E-state index in [2.05, 4.69) is 40.1 Å². The van der Waals surface area contributed by atoms with E-state index in [9.17, 15) is 14.7 Å². The number of hydrogen-bond donors (Lipinski definition) is 2. The van der Waals surface area contributed by atoms with Crippen molar-refractivity contribution in [2.45, 2.75) is 65.2 Å². The molecule has 11 heteroatoms. The van der Waals surface area contributed by atoms with E-state index >= 15 is 4.39 Å². The number of fused-ring (bicyclic) bond motifs is 1. The number of halogens is 1. The number of hydrogen-bond acceptors (Lipinski definition) is 7. The number of anilines is 2. The van der Waals surface area contributed by atoms with Crippen LogP contribution in [-0.4, -0.2) is 55.4 Å². The molecular formula is C27H34FN7O3. The number of aromatic hydroxyl groups is 1. The molecule has 2 aromatic heterocycles. The third kappa shape index (κ3) is 4.84. The second-order valence-corrected chi connectivity index (χ2v) is 9.84. The van der Waals surface area contributed by atoms with E-state index in [1.165, 1.54) is 17.6 Å². The Balaban J connectivity index is 1.70. The van der Waals surface area contributed by atoms with Gasteiger partial charge in [-0.05, 0) is 25.8 Å². The van der Waals surface area contributed by atoms with Gasteiger partial charge in [0.15, 0.2) is 11.6 Å². The van der Waals surface area contributed by atoms with Crippen LogP contribution in [0.25, 0.3) is 11.0 Å². The molecule has 1 saturated heterocycles. The first-order valence-corrected chi connectivity index (χ1v) is 12.9. The van der Waals surface area contributed by atoms with Crippen LogP contribution in [0, 0.1) is 17.1 Å². The average Bonchev–Trinajstić information content (AvgIpc) is 3.32. The summed E-state index contributed by atoms with van der Waals surface area (Å²) in [7, 11) is 1.69. The molecule has 0 spiro atoms. The van der Waals surface area contributed by atoms with Gasteiger partial charge in [-0.3, -0.25) is 19.2 Å². The van der Waals surface area contributed by atoms with Crippen molar-refractivity contribution in [2.24, 2.45) is 7.05 Å². The molecule has 0 bridgehead atoms. The number of phenolic OH excluding ortho intramolecular Hbond substituents is 1. The molecule has 38 heavy (non-hydrogen) atoms. The third-order valence-electron chi connectivity index (χ3n) is 7.56. The first kappa shape index (κ1) is 27.1. The van der Waals surface area contributed by atoms with Gasteiger partial charge in [0.1, 0.15) is 12.1 Å². The molecule has 0 aliphatic carbocycles. The summed E-state index contributed by atoms with van der Waals surface area (Å²) in [5.74, 6) is -1.71. The van der Waals surface area contributed by atoms with Gasteiger partial charge < -0.3 is 19.9 Å². The van der Waals surface area contributed by atoms with E-state index < -0.39 is 17.5 Å². The molecule has 3 atom stereocenters. The molecule has 1 aliphatic rings. The van der Waals surface area contributed by atoms with E-state index in [0.29, 0.717) is 29.7 Å². The summed E-state index contributed by atoms with van der Waals surface area (Å²) in [4.78, 5) is 28.7. The number of carbonyl (C=O) groups excluding carboxylic acids is 1. The fraction of sp³-hybridized carbons (Fsp3) is 0.481. The Labute approximate surface area is 220 Å². The number of nitrogens with one attached hydrogen (secondary N) is 1. The smallest absolute Gasteiger partial charge is 0.252 e. The minimum Gasteiger partial charge on any atom is -0.503 e. The maximum Gasteiger partial charge on any atom is 0.252 e. The fourth-order valence-electron chi connectivity index (χ4n) is 5.44. The third-order valence-corrected chi connectivity index (χ3v) is 7.56. The van der Waals surface area contributed by atoms with E-state index in [1.54, 1.807) is 30.1 Å². The molecule has 3 heterocycles. The monoisotopic (exact) mass is 523 g/mol. The number of carbonyl (C=O) groups is 1. The fourth-order valence-corrected chi connectivity index (χ4v) is 5.44. The van der Waals surface area contributed by atoms with Gasteiger partial charge in [0.25, 0.3) is 5.56 Å². The van der Waals surface area contributed by atoms with Crippen molar-refractivity contribution in [3.05, 3.63) is 46.1 Å². The molecule has 0 saturated carbocycles. The zero-order valence-electron chi connectivity index (χ0n) is 22.4. The highest BCUT2D eigenvalue weighted by Crippen LogP contribution is 2.38. The number of pyridine rings is 1. The Bertz CT molecular complexity index is 1460. The van der Waals surface area contributed by atoms with E-state index in [0.717, 1.165) is 18.5 Å². The highest BCUT2D eigenvalue weighted by atomic mass is 19.1. The van der Waals surface area contributed by atoms with Gasteiger partial charge in [-0.1, -0.05) is 19.9 Å². The van der Waals surface area contributed by atoms with Crippen molar-refractivity contribution in [3.63, 3.8) is 0 Å². The summed E-state index contributed by atoms with van der Waals surface area (Å²) < 4.78 is 18.4. The van der Waals surface area contributed by atoms with Gasteiger partial charge in [-0.15, -0.1) is 0 Å². The number of benzene rings is 1. The number of nitriles is 1. The van der Waals surface area contributed by atoms with Crippen LogP contribution in [0.2, 0.25) is 0 Å². The Hall–Kier alpha value is -3.91. The van der Waals surface area contributed by atoms with E-state index in [1.807, 2.05) is 6.92 Å². The van der Waals surface area contributed by atoms with Crippen LogP contribution in [0.15, 0.2) is 29.2 Å². The predicted molar refractivity (Wildman–Crippen MR) is 144 cm³/mol. The molecule has 202 valence electrons. The highest BCUT2D eigenvalue weighted by molar-refractivity contribution is 5.90. The van der Waals surface area contributed by atoms with Crippen LogP contribution in [0.1, 0.15) is 52.1 Å². The number of aromatic nitrogens is 3. The molecule has 10 nitrogen and oxygen atoms in total. The Morgan fingerprint density at radius 2 is 2.00 bits per heavy atom. The number of rotatable bonds is 7. The van der Waals surface area contributed by atoms with Crippen LogP contribution in [0.4, 0.5) is 15.8 Å². The van der Waals surface area contributed by atoms with Gasteiger partial charge in [0.05, 0.1) is 29.2 Å². The summed E-state index contributed by atoms with van der Waals surface area (Å²) >= 11 is 0. The number of piperazine rings is 1. The summed E-state index contributed by atoms with van der Waals surface area (Å²) in [6, 6.07) is 6.55. The SMILES string of the molecule is CC[C@H]1CN(C(C)c2ccc(NC(C)=O)c(O)c2F)[C@H](CC)CN1c1cc(=O)n(C)c2cn(CC#N)nc12. The molecule has 1 amide bonds. The highest BCUT2D eigenvalue weighted by Gasteiger charge is 2.37. The second-order valence-electron chi connectivity index (χ2n) is 9.84. The molecule has 1 unspecified atom stereocenters. The summed E-state index contributed by atoms with van der Waals surface area (Å²) in [6.07, 6.45) is 3.29. The van der Waals surface area contributed by atoms with Crippen molar-refractivity contribution in [1.82, 2.24) is 19.2 Å². The average molecular weight is 524 g/mol. The van der Waals surface area contributed by atoms with Crippen molar-refractivity contribution in [3.8, 4) is 11.8 Å². The summed E-state index contributed by atoms with van der Waals surface area (Å²) in [5, 5.41) is 26.6. The Morgan fingerprint density at radius 3 is 2.63 bits per heavy atom. The lowest BCUT2D eigenvalue weighted by Gasteiger charge is -2.49. The number of amides is 1. The maximum atomic E-state index is 15.3. The van der Waals surface area contributed by atoms with Gasteiger partial charge >= 0.3 is 0 Å². The molecule has 1 fully saturated rings. The van der Waals surface area contributed by atoms with Gasteiger partial charge in [-0.2, -0.15) is 10.4 Å². The predicted octanol–water partition coefficient (Wildman–Crippen LogP) is 3.50. The van der Waals surface area contributed by atoms with Crippen LogP contribution >= 0.6 is 0 Å². The maximum absolute atomic E-state index is 15.3. The normalized spacial score (nSPS) is 18.9. The van der Waals surface area contributed by atoms with Crippen molar-refractivity contribution >= 4 is 28.3 Å². The number of phenols is 1. The lowest BCUT2D eigenvalue weighted by Crippen LogP contribution is -2.59. The Morgan fingerprint density at radius 1 is 1.29 bits per heavy atom. The topological polar surface area (TPSA) is 119 Å². The van der Waals surface area contributed by atoms with Crippen LogP contribution in [-0.2, 0) is 18.4 Å². The second kappa shape index (κ2) is 10.8. The van der Waals surface area contributed by atoms with Gasteiger partial charge in [0.2, 0.25) is 5.91 Å². The molecule has 4 rings (SSSR count). The quantitative estimate of drug-likeness (QED) is 0.455. The molecule has 2 N–H and O–H groups in total. The van der Waals surface area contributed by atoms with Crippen molar-refractivity contribution in [2.75, 3.05) is 23.3 Å². The van der Waals surface area contributed by atoms with E-state index in [-0.39, 0.29) is 35.9 Å². The Kier molecular flexibility index (Phi) is 7.73. The zero-order chi connectivity index (χ0) is 27.7. The number of nitrogens with zero attached hydrogens (tertiary/aromatic N) is 6. The lowest BCUT2D eigenvalue weighted by atomic mass is 9.96. The summed E-state index contributed by atoms with van der Waals surface area (Å²) in [5.41, 5.74) is 2.31. The molecule has 3 aromatic rings. The summed E-state index contributed by atoms with van der Waals surface area (Å²) in [6.45, 7) is 8.67. The van der Waals surface area contributed by atoms with E-state index in [4.69, 9.17) is 5.26 Å². The van der Waals surface area contributed by atoms with Gasteiger partial charge in [-0.25, -0.2) is 4.39 Å². The first-order chi connectivity index (χ1) is 18.1. The zero-order valence-corrected chi connectivity index (χ0v) is 22.4. The first-order valence-electron chi connectivity index (χ1n) is 12.9. The molecule has 0 radical (unpaired) electrons. The molecular weight excluding hydrogens is 489 g/mol. The van der Waals surface area contributed by atoms with Crippen molar-refractivity contribution < 1.29 is 14.3 Å². The van der Waals surface area contributed by atoms with Crippen LogP contribution < -0.4 is 15.8 Å². The van der Waals surface area contributed by atoms with Gasteiger partial charge in [0, 0.05) is 56.8 Å². The minimum atomic E-state index is -0.745. The lowest BCUT2D eigenvalue weighted by molar-refractivity contribution is -0.114. The largest absolute Gasteiger partial charge is 0.503 e. The molecule has 1 aromatic carbocycles.